The van der Waals surface area contributed by atoms with Crippen LogP contribution in [0.15, 0.2) is 63.2 Å². The van der Waals surface area contributed by atoms with Crippen molar-refractivity contribution in [1.29, 1.82) is 0 Å². The number of amides is 1. The van der Waals surface area contributed by atoms with Gasteiger partial charge in [-0.1, -0.05) is 12.1 Å². The van der Waals surface area contributed by atoms with Gasteiger partial charge in [-0.2, -0.15) is 15.2 Å². The number of hydrogen-bond acceptors (Lipinski definition) is 7. The smallest absolute Gasteiger partial charge is 0.371 e. The second kappa shape index (κ2) is 7.94. The predicted molar refractivity (Wildman–Crippen MR) is 123 cm³/mol. The first kappa shape index (κ1) is 20.5. The number of carbonyl (C=O) groups excluding carboxylic acids is 1. The maximum Gasteiger partial charge on any atom is 0.371 e. The molecular formula is C24H20N4O5. The number of para-hydroxylation sites is 1. The highest BCUT2D eigenvalue weighted by Crippen LogP contribution is 2.36. The van der Waals surface area contributed by atoms with Crippen molar-refractivity contribution in [2.45, 2.75) is 26.2 Å². The summed E-state index contributed by atoms with van der Waals surface area (Å²) in [4.78, 5) is 24.0. The molecule has 1 aromatic heterocycles. The van der Waals surface area contributed by atoms with Crippen LogP contribution in [-0.4, -0.2) is 33.5 Å². The summed E-state index contributed by atoms with van der Waals surface area (Å²) < 4.78 is 5.27. The lowest BCUT2D eigenvalue weighted by Crippen LogP contribution is -2.28. The van der Waals surface area contributed by atoms with E-state index in [1.54, 1.807) is 25.1 Å². The Morgan fingerprint density at radius 1 is 1.15 bits per heavy atom. The Bertz CT molecular complexity index is 1350. The zero-order chi connectivity index (χ0) is 23.1. The second-order valence-electron chi connectivity index (χ2n) is 7.85. The molecule has 1 amide bonds. The fraction of sp³-hybridized carbons (Fsp3) is 0.167. The van der Waals surface area contributed by atoms with Gasteiger partial charge in [0.1, 0.15) is 5.76 Å². The second-order valence-corrected chi connectivity index (χ2v) is 7.85. The lowest BCUT2D eigenvalue weighted by Gasteiger charge is -2.13. The molecule has 2 aliphatic rings. The van der Waals surface area contributed by atoms with Crippen molar-refractivity contribution in [1.82, 2.24) is 0 Å². The van der Waals surface area contributed by atoms with Crippen LogP contribution in [0.3, 0.4) is 0 Å². The van der Waals surface area contributed by atoms with E-state index in [0.29, 0.717) is 11.4 Å². The van der Waals surface area contributed by atoms with Crippen LogP contribution < -0.4 is 10.4 Å². The largest absolute Gasteiger partial charge is 0.505 e. The van der Waals surface area contributed by atoms with Gasteiger partial charge in [0.2, 0.25) is 5.76 Å². The van der Waals surface area contributed by atoms with Gasteiger partial charge in [0.25, 0.3) is 0 Å². The molecule has 0 bridgehead atoms. The van der Waals surface area contributed by atoms with Crippen LogP contribution in [0.4, 0.5) is 11.4 Å². The van der Waals surface area contributed by atoms with Gasteiger partial charge < -0.3 is 14.6 Å². The molecular weight excluding hydrogens is 424 g/mol. The Labute approximate surface area is 188 Å². The molecule has 2 heterocycles. The number of aromatic carboxylic acids is 1. The van der Waals surface area contributed by atoms with E-state index in [0.717, 1.165) is 19.3 Å². The monoisotopic (exact) mass is 444 g/mol. The number of furan rings is 1. The molecule has 0 saturated carbocycles. The van der Waals surface area contributed by atoms with Gasteiger partial charge >= 0.3 is 11.9 Å². The van der Waals surface area contributed by atoms with Gasteiger partial charge in [-0.15, -0.1) is 0 Å². The number of aromatic hydroxyl groups is 1. The number of rotatable bonds is 5. The van der Waals surface area contributed by atoms with Gasteiger partial charge in [-0.05, 0) is 73.7 Å². The lowest BCUT2D eigenvalue weighted by molar-refractivity contribution is -0.112. The number of anilines is 2. The van der Waals surface area contributed by atoms with E-state index in [9.17, 15) is 14.7 Å². The summed E-state index contributed by atoms with van der Waals surface area (Å²) in [5.74, 6) is -1.81. The average molecular weight is 444 g/mol. The summed E-state index contributed by atoms with van der Waals surface area (Å²) in [5, 5.41) is 29.6. The highest BCUT2D eigenvalue weighted by atomic mass is 16.4. The van der Waals surface area contributed by atoms with Gasteiger partial charge in [0.05, 0.1) is 22.6 Å². The van der Waals surface area contributed by atoms with Crippen molar-refractivity contribution in [3.05, 3.63) is 65.4 Å². The third-order valence-corrected chi connectivity index (χ3v) is 5.72. The molecule has 9 heteroatoms. The van der Waals surface area contributed by atoms with Crippen LogP contribution in [0.25, 0.3) is 11.3 Å². The molecule has 1 aliphatic heterocycles. The van der Waals surface area contributed by atoms with Gasteiger partial charge in [0, 0.05) is 0 Å². The van der Waals surface area contributed by atoms with Gasteiger partial charge in [0.15, 0.2) is 11.5 Å². The fourth-order valence-electron chi connectivity index (χ4n) is 4.04. The van der Waals surface area contributed by atoms with Gasteiger partial charge in [-0.25, -0.2) is 4.79 Å². The molecule has 0 radical (unpaired) electrons. The number of carboxylic acid groups (broad SMARTS) is 1. The molecule has 0 saturated heterocycles. The Kier molecular flexibility index (Phi) is 4.93. The van der Waals surface area contributed by atoms with Crippen LogP contribution in [-0.2, 0) is 17.6 Å². The number of hydrogen-bond donors (Lipinski definition) is 3. The first-order valence-corrected chi connectivity index (χ1v) is 10.4. The van der Waals surface area contributed by atoms with E-state index in [2.05, 4.69) is 15.6 Å². The number of phenols is 1. The average Bonchev–Trinajstić information content (AvgIpc) is 3.52. The number of hydrazone groups is 2. The van der Waals surface area contributed by atoms with Crippen LogP contribution >= 0.6 is 0 Å². The number of carbonyl (C=O) groups is 2. The molecule has 0 atom stereocenters. The molecule has 5 rings (SSSR count). The minimum atomic E-state index is -1.20. The van der Waals surface area contributed by atoms with E-state index in [-0.39, 0.29) is 40.1 Å². The van der Waals surface area contributed by atoms with Gasteiger partial charge in [-0.3, -0.25) is 10.2 Å². The molecule has 1 aliphatic carbocycles. The predicted octanol–water partition coefficient (Wildman–Crippen LogP) is 4.03. The molecule has 9 nitrogen and oxygen atoms in total. The highest BCUT2D eigenvalue weighted by Gasteiger charge is 2.31. The molecule has 0 unspecified atom stereocenters. The van der Waals surface area contributed by atoms with E-state index in [1.165, 1.54) is 28.3 Å². The standard InChI is InChI=1S/C24H20N4O5/c1-13-21(23(30)28(27-13)16-9-8-14-4-2-5-15(14)12-16)26-25-18-7-3-6-17(22(18)29)19-10-11-20(33-19)24(31)32/h3,6-12,25,29H,2,4-5H2,1H3,(H,31,32)/b26-21+. The van der Waals surface area contributed by atoms with Crippen molar-refractivity contribution in [2.24, 2.45) is 10.2 Å². The molecule has 3 N–H and O–H groups in total. The maximum atomic E-state index is 13.0. The Morgan fingerprint density at radius 2 is 1.97 bits per heavy atom. The summed E-state index contributed by atoms with van der Waals surface area (Å²) >= 11 is 0. The van der Waals surface area contributed by atoms with Crippen molar-refractivity contribution in [3.63, 3.8) is 0 Å². The van der Waals surface area contributed by atoms with Crippen molar-refractivity contribution >= 4 is 34.7 Å². The van der Waals surface area contributed by atoms with Crippen molar-refractivity contribution < 1.29 is 24.2 Å². The SMILES string of the molecule is CC1=NN(c2ccc3c(c2)CCC3)C(=O)/C1=N/Nc1cccc(-c2ccc(C(=O)O)o2)c1O. The molecule has 166 valence electrons. The number of benzene rings is 2. The lowest BCUT2D eigenvalue weighted by atomic mass is 10.1. The van der Waals surface area contributed by atoms with Crippen LogP contribution in [0, 0.1) is 0 Å². The third-order valence-electron chi connectivity index (χ3n) is 5.72. The van der Waals surface area contributed by atoms with E-state index >= 15 is 0 Å². The number of fused-ring (bicyclic) bond motifs is 1. The van der Waals surface area contributed by atoms with Crippen molar-refractivity contribution in [2.75, 3.05) is 10.4 Å². The summed E-state index contributed by atoms with van der Waals surface area (Å²) in [5.41, 5.74) is 7.06. The number of nitrogens with one attached hydrogen (secondary N) is 1. The summed E-state index contributed by atoms with van der Waals surface area (Å²) in [6.45, 7) is 1.69. The van der Waals surface area contributed by atoms with E-state index in [4.69, 9.17) is 9.52 Å². The zero-order valence-electron chi connectivity index (χ0n) is 17.7. The fourth-order valence-corrected chi connectivity index (χ4v) is 4.04. The first-order valence-electron chi connectivity index (χ1n) is 10.4. The summed E-state index contributed by atoms with van der Waals surface area (Å²) in [6.07, 6.45) is 3.17. The Balaban J connectivity index is 1.39. The Hall–Kier alpha value is -4.40. The van der Waals surface area contributed by atoms with Crippen LogP contribution in [0.5, 0.6) is 5.75 Å². The quantitative estimate of drug-likeness (QED) is 0.403. The Morgan fingerprint density at radius 3 is 2.76 bits per heavy atom. The maximum absolute atomic E-state index is 13.0. The van der Waals surface area contributed by atoms with Crippen LogP contribution in [0.1, 0.15) is 35.0 Å². The third kappa shape index (κ3) is 3.63. The molecule has 0 fully saturated rings. The highest BCUT2D eigenvalue weighted by molar-refractivity contribution is 6.71. The molecule has 0 spiro atoms. The van der Waals surface area contributed by atoms with E-state index in [1.807, 2.05) is 18.2 Å². The normalized spacial score (nSPS) is 16.3. The zero-order valence-corrected chi connectivity index (χ0v) is 17.7. The topological polar surface area (TPSA) is 128 Å². The summed E-state index contributed by atoms with van der Waals surface area (Å²) in [7, 11) is 0. The van der Waals surface area contributed by atoms with Crippen LogP contribution in [0.2, 0.25) is 0 Å². The van der Waals surface area contributed by atoms with Crippen molar-refractivity contribution in [3.8, 4) is 17.1 Å². The molecule has 33 heavy (non-hydrogen) atoms. The minimum absolute atomic E-state index is 0.131. The number of carboxylic acids is 1. The first-order chi connectivity index (χ1) is 15.9. The number of nitrogens with zero attached hydrogens (tertiary/aromatic N) is 3. The molecule has 3 aromatic rings. The van der Waals surface area contributed by atoms with E-state index < -0.39 is 5.97 Å². The summed E-state index contributed by atoms with van der Waals surface area (Å²) in [6, 6.07) is 13.5. The molecule has 2 aromatic carbocycles. The minimum Gasteiger partial charge on any atom is -0.505 e. The number of phenolic OH excluding ortho intramolecular Hbond substituents is 1. The number of aryl methyl sites for hydroxylation is 2.